The molecule has 5 nitrogen and oxygen atoms in total. The van der Waals surface area contributed by atoms with Gasteiger partial charge in [0.05, 0.1) is 7.11 Å². The fraction of sp³-hybridized carbons (Fsp3) is 0.409. The van der Waals surface area contributed by atoms with Gasteiger partial charge in [-0.05, 0) is 43.2 Å². The van der Waals surface area contributed by atoms with E-state index >= 15 is 0 Å². The first-order valence-electron chi connectivity index (χ1n) is 9.54. The molecule has 1 amide bonds. The fourth-order valence-corrected chi connectivity index (χ4v) is 3.47. The smallest absolute Gasteiger partial charge is 0.225 e. The van der Waals surface area contributed by atoms with E-state index in [9.17, 15) is 4.79 Å². The Morgan fingerprint density at radius 2 is 1.81 bits per heavy atom. The van der Waals surface area contributed by atoms with E-state index in [0.29, 0.717) is 6.42 Å². The largest absolute Gasteiger partial charge is 0.497 e. The summed E-state index contributed by atoms with van der Waals surface area (Å²) >= 11 is 0. The summed E-state index contributed by atoms with van der Waals surface area (Å²) in [7, 11) is 1.62. The van der Waals surface area contributed by atoms with Gasteiger partial charge in [-0.3, -0.25) is 9.69 Å². The standard InChI is InChI=1S/C22H29N3O2/c1-17-6-4-9-21(18(17)2)25-14-12-24(13-15-25)11-10-22(26)23-19-7-5-8-20(16-19)27-3/h4-9,16H,10-15H2,1-3H3,(H,23,26). The lowest BCUT2D eigenvalue weighted by molar-refractivity contribution is -0.116. The molecule has 1 aliphatic heterocycles. The second kappa shape index (κ2) is 8.91. The molecule has 27 heavy (non-hydrogen) atoms. The second-order valence-electron chi connectivity index (χ2n) is 7.08. The summed E-state index contributed by atoms with van der Waals surface area (Å²) in [4.78, 5) is 17.1. The maximum atomic E-state index is 12.2. The maximum absolute atomic E-state index is 12.2. The monoisotopic (exact) mass is 367 g/mol. The van der Waals surface area contributed by atoms with Crippen LogP contribution in [0.1, 0.15) is 17.5 Å². The molecule has 1 aliphatic rings. The molecule has 0 saturated carbocycles. The van der Waals surface area contributed by atoms with Crippen LogP contribution in [0.15, 0.2) is 42.5 Å². The van der Waals surface area contributed by atoms with E-state index in [1.54, 1.807) is 7.11 Å². The van der Waals surface area contributed by atoms with E-state index < -0.39 is 0 Å². The Hall–Kier alpha value is -2.53. The Balaban J connectivity index is 1.45. The Bertz CT molecular complexity index is 783. The van der Waals surface area contributed by atoms with Crippen molar-refractivity contribution in [2.75, 3.05) is 50.1 Å². The second-order valence-corrected chi connectivity index (χ2v) is 7.08. The molecule has 5 heteroatoms. The fourth-order valence-electron chi connectivity index (χ4n) is 3.47. The van der Waals surface area contributed by atoms with Crippen molar-refractivity contribution < 1.29 is 9.53 Å². The lowest BCUT2D eigenvalue weighted by Gasteiger charge is -2.37. The number of benzene rings is 2. The van der Waals surface area contributed by atoms with Gasteiger partial charge in [0.15, 0.2) is 0 Å². The number of ether oxygens (including phenoxy) is 1. The lowest BCUT2D eigenvalue weighted by Crippen LogP contribution is -2.47. The van der Waals surface area contributed by atoms with Crippen molar-refractivity contribution in [2.45, 2.75) is 20.3 Å². The van der Waals surface area contributed by atoms with Gasteiger partial charge in [-0.15, -0.1) is 0 Å². The normalized spacial score (nSPS) is 14.9. The molecule has 1 fully saturated rings. The number of hydrogen-bond acceptors (Lipinski definition) is 4. The molecule has 0 unspecified atom stereocenters. The summed E-state index contributed by atoms with van der Waals surface area (Å²) in [5, 5.41) is 2.95. The van der Waals surface area contributed by atoms with Crippen LogP contribution in [-0.4, -0.2) is 50.6 Å². The van der Waals surface area contributed by atoms with E-state index in [2.05, 4.69) is 47.2 Å². The first-order chi connectivity index (χ1) is 13.1. The number of hydrogen-bond donors (Lipinski definition) is 1. The van der Waals surface area contributed by atoms with E-state index in [0.717, 1.165) is 44.2 Å². The average molecular weight is 367 g/mol. The van der Waals surface area contributed by atoms with Gasteiger partial charge in [-0.2, -0.15) is 0 Å². The number of methoxy groups -OCH3 is 1. The molecule has 0 aromatic heterocycles. The number of carbonyl (C=O) groups is 1. The zero-order valence-corrected chi connectivity index (χ0v) is 16.5. The van der Waals surface area contributed by atoms with Crippen molar-refractivity contribution in [1.29, 1.82) is 0 Å². The van der Waals surface area contributed by atoms with E-state index in [1.165, 1.54) is 16.8 Å². The predicted octanol–water partition coefficient (Wildman–Crippen LogP) is 3.46. The molecule has 144 valence electrons. The minimum Gasteiger partial charge on any atom is -0.497 e. The highest BCUT2D eigenvalue weighted by atomic mass is 16.5. The molecule has 1 heterocycles. The zero-order chi connectivity index (χ0) is 19.2. The predicted molar refractivity (Wildman–Crippen MR) is 111 cm³/mol. The summed E-state index contributed by atoms with van der Waals surface area (Å²) in [6.07, 6.45) is 0.501. The highest BCUT2D eigenvalue weighted by molar-refractivity contribution is 5.91. The van der Waals surface area contributed by atoms with Gasteiger partial charge in [0.2, 0.25) is 5.91 Å². The quantitative estimate of drug-likeness (QED) is 0.849. The van der Waals surface area contributed by atoms with E-state index in [4.69, 9.17) is 4.74 Å². The van der Waals surface area contributed by atoms with Crippen molar-refractivity contribution in [3.05, 3.63) is 53.6 Å². The molecule has 0 bridgehead atoms. The molecule has 1 saturated heterocycles. The van der Waals surface area contributed by atoms with E-state index in [1.807, 2.05) is 24.3 Å². The Labute approximate surface area is 161 Å². The number of amides is 1. The van der Waals surface area contributed by atoms with Crippen LogP contribution in [0.3, 0.4) is 0 Å². The van der Waals surface area contributed by atoms with E-state index in [-0.39, 0.29) is 5.91 Å². The number of nitrogens with zero attached hydrogens (tertiary/aromatic N) is 2. The van der Waals surface area contributed by atoms with Crippen LogP contribution in [0.5, 0.6) is 5.75 Å². The van der Waals surface area contributed by atoms with Gasteiger partial charge in [-0.25, -0.2) is 0 Å². The summed E-state index contributed by atoms with van der Waals surface area (Å²) in [5.41, 5.74) is 4.82. The molecule has 3 rings (SSSR count). The molecular weight excluding hydrogens is 338 g/mol. The highest BCUT2D eigenvalue weighted by Gasteiger charge is 2.19. The third-order valence-electron chi connectivity index (χ3n) is 5.30. The SMILES string of the molecule is COc1cccc(NC(=O)CCN2CCN(c3cccc(C)c3C)CC2)c1. The summed E-state index contributed by atoms with van der Waals surface area (Å²) in [5.74, 6) is 0.788. The lowest BCUT2D eigenvalue weighted by atomic mass is 10.1. The molecule has 2 aromatic carbocycles. The van der Waals surface area contributed by atoms with Crippen LogP contribution >= 0.6 is 0 Å². The third-order valence-corrected chi connectivity index (χ3v) is 5.30. The molecule has 0 atom stereocenters. The van der Waals surface area contributed by atoms with Gasteiger partial charge in [0.25, 0.3) is 0 Å². The minimum absolute atomic E-state index is 0.0419. The minimum atomic E-state index is 0.0419. The zero-order valence-electron chi connectivity index (χ0n) is 16.5. The molecule has 0 radical (unpaired) electrons. The van der Waals surface area contributed by atoms with Crippen molar-refractivity contribution >= 4 is 17.3 Å². The first-order valence-corrected chi connectivity index (χ1v) is 9.54. The number of nitrogens with one attached hydrogen (secondary N) is 1. The van der Waals surface area contributed by atoms with Crippen molar-refractivity contribution in [1.82, 2.24) is 4.90 Å². The molecular formula is C22H29N3O2. The van der Waals surface area contributed by atoms with Crippen LogP contribution in [0, 0.1) is 13.8 Å². The number of piperazine rings is 1. The summed E-state index contributed by atoms with van der Waals surface area (Å²) in [6.45, 7) is 9.12. The van der Waals surface area contributed by atoms with Gasteiger partial charge >= 0.3 is 0 Å². The van der Waals surface area contributed by atoms with Gasteiger partial charge in [0.1, 0.15) is 5.75 Å². The number of carbonyl (C=O) groups excluding carboxylic acids is 1. The van der Waals surface area contributed by atoms with Crippen LogP contribution in [0.25, 0.3) is 0 Å². The Kier molecular flexibility index (Phi) is 6.35. The van der Waals surface area contributed by atoms with Crippen LogP contribution < -0.4 is 15.0 Å². The molecule has 2 aromatic rings. The third kappa shape index (κ3) is 5.01. The average Bonchev–Trinajstić information content (AvgIpc) is 2.69. The molecule has 0 aliphatic carbocycles. The van der Waals surface area contributed by atoms with Crippen molar-refractivity contribution in [2.24, 2.45) is 0 Å². The molecule has 1 N–H and O–H groups in total. The van der Waals surface area contributed by atoms with Crippen LogP contribution in [-0.2, 0) is 4.79 Å². The first kappa shape index (κ1) is 19.2. The van der Waals surface area contributed by atoms with Crippen LogP contribution in [0.4, 0.5) is 11.4 Å². The van der Waals surface area contributed by atoms with Gasteiger partial charge in [-0.1, -0.05) is 18.2 Å². The number of anilines is 2. The summed E-state index contributed by atoms with van der Waals surface area (Å²) < 4.78 is 5.19. The number of rotatable bonds is 6. The van der Waals surface area contributed by atoms with Gasteiger partial charge < -0.3 is 15.0 Å². The van der Waals surface area contributed by atoms with Crippen molar-refractivity contribution in [3.8, 4) is 5.75 Å². The number of aryl methyl sites for hydroxylation is 1. The Morgan fingerprint density at radius 3 is 2.56 bits per heavy atom. The van der Waals surface area contributed by atoms with Crippen LogP contribution in [0.2, 0.25) is 0 Å². The topological polar surface area (TPSA) is 44.8 Å². The maximum Gasteiger partial charge on any atom is 0.225 e. The van der Waals surface area contributed by atoms with Crippen molar-refractivity contribution in [3.63, 3.8) is 0 Å². The Morgan fingerprint density at radius 1 is 1.07 bits per heavy atom. The molecule has 0 spiro atoms. The summed E-state index contributed by atoms with van der Waals surface area (Å²) in [6, 6.07) is 14.0. The highest BCUT2D eigenvalue weighted by Crippen LogP contribution is 2.24. The van der Waals surface area contributed by atoms with Gasteiger partial charge in [0, 0.05) is 56.6 Å².